The number of hydrogen-bond acceptors (Lipinski definition) is 3. The van der Waals surface area contributed by atoms with Gasteiger partial charge in [-0.3, -0.25) is 4.79 Å². The first-order valence-electron chi connectivity index (χ1n) is 6.23. The lowest BCUT2D eigenvalue weighted by atomic mass is 9.95. The number of methoxy groups -OCH3 is 1. The van der Waals surface area contributed by atoms with Crippen LogP contribution in [0.1, 0.15) is 23.7 Å². The van der Waals surface area contributed by atoms with Gasteiger partial charge < -0.3 is 14.7 Å². The van der Waals surface area contributed by atoms with Gasteiger partial charge in [0.15, 0.2) is 0 Å². The van der Waals surface area contributed by atoms with Crippen LogP contribution in [0, 0.1) is 5.92 Å². The van der Waals surface area contributed by atoms with E-state index in [-0.39, 0.29) is 17.8 Å². The van der Waals surface area contributed by atoms with Crippen LogP contribution in [0.5, 0.6) is 5.75 Å². The van der Waals surface area contributed by atoms with E-state index in [0.29, 0.717) is 24.6 Å². The molecule has 0 aliphatic carbocycles. The van der Waals surface area contributed by atoms with Gasteiger partial charge in [0, 0.05) is 20.2 Å². The van der Waals surface area contributed by atoms with Gasteiger partial charge in [0.2, 0.25) is 0 Å². The highest BCUT2D eigenvalue weighted by Crippen LogP contribution is 2.23. The number of phenols is 1. The molecule has 2 unspecified atom stereocenters. The Hall–Kier alpha value is -1.55. The number of piperidine rings is 1. The number of amides is 1. The fourth-order valence-electron chi connectivity index (χ4n) is 2.35. The van der Waals surface area contributed by atoms with Crippen molar-refractivity contribution in [3.05, 3.63) is 29.8 Å². The van der Waals surface area contributed by atoms with Crippen LogP contribution in [0.2, 0.25) is 0 Å². The number of benzene rings is 1. The zero-order valence-corrected chi connectivity index (χ0v) is 10.8. The highest BCUT2D eigenvalue weighted by atomic mass is 16.5. The maximum absolute atomic E-state index is 12.3. The van der Waals surface area contributed by atoms with Gasteiger partial charge in [-0.2, -0.15) is 0 Å². The maximum atomic E-state index is 12.3. The highest BCUT2D eigenvalue weighted by Gasteiger charge is 2.29. The van der Waals surface area contributed by atoms with E-state index in [4.69, 9.17) is 4.74 Å². The average Bonchev–Trinajstić information content (AvgIpc) is 2.39. The van der Waals surface area contributed by atoms with Crippen molar-refractivity contribution in [3.8, 4) is 5.75 Å². The first-order chi connectivity index (χ1) is 8.63. The summed E-state index contributed by atoms with van der Waals surface area (Å²) in [5.74, 6) is 0.376. The van der Waals surface area contributed by atoms with E-state index in [1.807, 2.05) is 0 Å². The largest absolute Gasteiger partial charge is 0.507 e. The van der Waals surface area contributed by atoms with Crippen LogP contribution in [0.25, 0.3) is 0 Å². The molecule has 4 nitrogen and oxygen atoms in total. The van der Waals surface area contributed by atoms with Gasteiger partial charge in [-0.25, -0.2) is 0 Å². The molecule has 1 amide bonds. The SMILES string of the molecule is COC1CN(C(=O)c2ccccc2O)CCC1C. The number of aromatic hydroxyl groups is 1. The fraction of sp³-hybridized carbons (Fsp3) is 0.500. The molecule has 0 radical (unpaired) electrons. The summed E-state index contributed by atoms with van der Waals surface area (Å²) in [5.41, 5.74) is 0.363. The van der Waals surface area contributed by atoms with Gasteiger partial charge in [0.25, 0.3) is 5.91 Å². The van der Waals surface area contributed by atoms with E-state index >= 15 is 0 Å². The molecule has 18 heavy (non-hydrogen) atoms. The summed E-state index contributed by atoms with van der Waals surface area (Å²) in [6.07, 6.45) is 1.01. The summed E-state index contributed by atoms with van der Waals surface area (Å²) in [7, 11) is 1.68. The van der Waals surface area contributed by atoms with Crippen molar-refractivity contribution in [1.29, 1.82) is 0 Å². The molecule has 2 rings (SSSR count). The third-order valence-electron chi connectivity index (χ3n) is 3.61. The molecule has 1 heterocycles. The molecule has 1 aromatic carbocycles. The van der Waals surface area contributed by atoms with E-state index < -0.39 is 0 Å². The topological polar surface area (TPSA) is 49.8 Å². The second-order valence-electron chi connectivity index (χ2n) is 4.81. The van der Waals surface area contributed by atoms with Gasteiger partial charge >= 0.3 is 0 Å². The van der Waals surface area contributed by atoms with Gasteiger partial charge in [0.1, 0.15) is 5.75 Å². The quantitative estimate of drug-likeness (QED) is 0.870. The van der Waals surface area contributed by atoms with Crippen molar-refractivity contribution in [2.45, 2.75) is 19.4 Å². The Labute approximate surface area is 107 Å². The maximum Gasteiger partial charge on any atom is 0.257 e. The molecule has 1 fully saturated rings. The number of likely N-dealkylation sites (tertiary alicyclic amines) is 1. The predicted molar refractivity (Wildman–Crippen MR) is 68.6 cm³/mol. The Bertz CT molecular complexity index is 433. The third-order valence-corrected chi connectivity index (χ3v) is 3.61. The minimum atomic E-state index is -0.123. The van der Waals surface area contributed by atoms with Crippen LogP contribution in [-0.2, 0) is 4.74 Å². The minimum Gasteiger partial charge on any atom is -0.507 e. The number of carbonyl (C=O) groups is 1. The molecule has 0 aromatic heterocycles. The van der Waals surface area contributed by atoms with Crippen LogP contribution in [-0.4, -0.2) is 42.2 Å². The molecule has 1 N–H and O–H groups in total. The van der Waals surface area contributed by atoms with Crippen LogP contribution in [0.4, 0.5) is 0 Å². The molecule has 1 saturated heterocycles. The summed E-state index contributed by atoms with van der Waals surface area (Å²) in [5, 5.41) is 9.71. The van der Waals surface area contributed by atoms with E-state index in [2.05, 4.69) is 6.92 Å². The van der Waals surface area contributed by atoms with Crippen LogP contribution >= 0.6 is 0 Å². The number of phenolic OH excluding ortho intramolecular Hbond substituents is 1. The second-order valence-corrected chi connectivity index (χ2v) is 4.81. The smallest absolute Gasteiger partial charge is 0.257 e. The third kappa shape index (κ3) is 2.48. The summed E-state index contributed by atoms with van der Waals surface area (Å²) >= 11 is 0. The summed E-state index contributed by atoms with van der Waals surface area (Å²) in [6.45, 7) is 3.44. The zero-order valence-electron chi connectivity index (χ0n) is 10.8. The van der Waals surface area contributed by atoms with Crippen molar-refractivity contribution in [2.75, 3.05) is 20.2 Å². The van der Waals surface area contributed by atoms with Gasteiger partial charge in [-0.1, -0.05) is 19.1 Å². The number of nitrogens with zero attached hydrogens (tertiary/aromatic N) is 1. The fourth-order valence-corrected chi connectivity index (χ4v) is 2.35. The molecule has 4 heteroatoms. The Morgan fingerprint density at radius 3 is 2.83 bits per heavy atom. The van der Waals surface area contributed by atoms with Gasteiger partial charge in [0.05, 0.1) is 11.7 Å². The first kappa shape index (κ1) is 12.9. The molecule has 1 aliphatic rings. The normalized spacial score (nSPS) is 24.0. The van der Waals surface area contributed by atoms with E-state index in [1.54, 1.807) is 30.2 Å². The van der Waals surface area contributed by atoms with Crippen LogP contribution in [0.15, 0.2) is 24.3 Å². The lowest BCUT2D eigenvalue weighted by molar-refractivity contribution is -0.00165. The van der Waals surface area contributed by atoms with Crippen LogP contribution < -0.4 is 0 Å². The Kier molecular flexibility index (Phi) is 3.87. The van der Waals surface area contributed by atoms with Gasteiger partial charge in [-0.05, 0) is 24.5 Å². The minimum absolute atomic E-state index is 0.0371. The van der Waals surface area contributed by atoms with Crippen molar-refractivity contribution >= 4 is 5.91 Å². The second kappa shape index (κ2) is 5.40. The Morgan fingerprint density at radius 1 is 1.44 bits per heavy atom. The van der Waals surface area contributed by atoms with Crippen molar-refractivity contribution in [2.24, 2.45) is 5.92 Å². The van der Waals surface area contributed by atoms with Crippen molar-refractivity contribution < 1.29 is 14.6 Å². The number of ether oxygens (including phenoxy) is 1. The highest BCUT2D eigenvalue weighted by molar-refractivity contribution is 5.96. The van der Waals surface area contributed by atoms with Crippen molar-refractivity contribution in [1.82, 2.24) is 4.90 Å². The first-order valence-corrected chi connectivity index (χ1v) is 6.23. The standard InChI is InChI=1S/C14H19NO3/c1-10-7-8-15(9-13(10)18-2)14(17)11-5-3-4-6-12(11)16/h3-6,10,13,16H,7-9H2,1-2H3. The van der Waals surface area contributed by atoms with E-state index in [1.165, 1.54) is 6.07 Å². The summed E-state index contributed by atoms with van der Waals surface area (Å²) in [6, 6.07) is 6.65. The summed E-state index contributed by atoms with van der Waals surface area (Å²) in [4.78, 5) is 14.1. The summed E-state index contributed by atoms with van der Waals surface area (Å²) < 4.78 is 5.39. The molecule has 0 spiro atoms. The lowest BCUT2D eigenvalue weighted by Gasteiger charge is -2.36. The average molecular weight is 249 g/mol. The predicted octanol–water partition coefficient (Wildman–Crippen LogP) is 1.89. The number of carbonyl (C=O) groups excluding carboxylic acids is 1. The lowest BCUT2D eigenvalue weighted by Crippen LogP contribution is -2.46. The molecule has 0 bridgehead atoms. The van der Waals surface area contributed by atoms with E-state index in [0.717, 1.165) is 6.42 Å². The van der Waals surface area contributed by atoms with Crippen LogP contribution in [0.3, 0.4) is 0 Å². The molecule has 98 valence electrons. The monoisotopic (exact) mass is 249 g/mol. The number of hydrogen-bond donors (Lipinski definition) is 1. The number of para-hydroxylation sites is 1. The molecular weight excluding hydrogens is 230 g/mol. The molecule has 2 atom stereocenters. The molecule has 1 aliphatic heterocycles. The molecule has 0 saturated carbocycles. The van der Waals surface area contributed by atoms with E-state index in [9.17, 15) is 9.90 Å². The Balaban J connectivity index is 2.13. The molecule has 1 aromatic rings. The van der Waals surface area contributed by atoms with Gasteiger partial charge in [-0.15, -0.1) is 0 Å². The number of rotatable bonds is 2. The zero-order chi connectivity index (χ0) is 13.1. The Morgan fingerprint density at radius 2 is 2.17 bits per heavy atom. The molecular formula is C14H19NO3. The van der Waals surface area contributed by atoms with Crippen molar-refractivity contribution in [3.63, 3.8) is 0 Å².